The summed E-state index contributed by atoms with van der Waals surface area (Å²) in [5.74, 6) is -0.480. The molecule has 6 nitrogen and oxygen atoms in total. The molecule has 1 atom stereocenters. The van der Waals surface area contributed by atoms with E-state index in [1.165, 1.54) is 12.4 Å². The molecule has 12 heavy (non-hydrogen) atoms. The van der Waals surface area contributed by atoms with Crippen LogP contribution in [0.25, 0.3) is 0 Å². The van der Waals surface area contributed by atoms with Gasteiger partial charge in [0.1, 0.15) is 18.9 Å². The average Bonchev–Trinajstić information content (AvgIpc) is 2.33. The van der Waals surface area contributed by atoms with Crippen molar-refractivity contribution >= 4 is 5.95 Å². The lowest BCUT2D eigenvalue weighted by Crippen LogP contribution is -2.11. The third-order valence-electron chi connectivity index (χ3n) is 1.20. The van der Waals surface area contributed by atoms with E-state index in [2.05, 4.69) is 4.98 Å². The van der Waals surface area contributed by atoms with E-state index >= 15 is 0 Å². The first-order valence-electron chi connectivity index (χ1n) is 3.09. The Morgan fingerprint density at radius 3 is 3.08 bits per heavy atom. The predicted molar refractivity (Wildman–Crippen MR) is 36.0 cm³/mol. The second kappa shape index (κ2) is 3.26. The minimum Gasteiger partial charge on any atom is -0.390 e. The molecule has 0 aliphatic carbocycles. The average molecular weight is 174 g/mol. The lowest BCUT2D eigenvalue weighted by atomic mass is 10.6. The number of alkyl halides is 1. The van der Waals surface area contributed by atoms with Crippen LogP contribution in [0.5, 0.6) is 0 Å². The Bertz CT molecular complexity index is 285. The van der Waals surface area contributed by atoms with Crippen molar-refractivity contribution in [2.24, 2.45) is 0 Å². The zero-order chi connectivity index (χ0) is 9.14. The summed E-state index contributed by atoms with van der Waals surface area (Å²) in [5, 5.41) is 18.5. The van der Waals surface area contributed by atoms with Crippen LogP contribution in [-0.2, 0) is 6.54 Å². The van der Waals surface area contributed by atoms with E-state index in [-0.39, 0.29) is 0 Å². The fourth-order valence-corrected chi connectivity index (χ4v) is 0.778. The fourth-order valence-electron chi connectivity index (χ4n) is 0.778. The minimum atomic E-state index is -2.11. The molecule has 1 aromatic heterocycles. The summed E-state index contributed by atoms with van der Waals surface area (Å²) in [7, 11) is 0. The van der Waals surface area contributed by atoms with Gasteiger partial charge in [-0.05, 0) is 4.92 Å². The van der Waals surface area contributed by atoms with Gasteiger partial charge in [-0.25, -0.2) is 8.96 Å². The molecule has 0 saturated heterocycles. The van der Waals surface area contributed by atoms with Crippen LogP contribution in [-0.4, -0.2) is 25.9 Å². The summed E-state index contributed by atoms with van der Waals surface area (Å²) in [6.07, 6.45) is 0.277. The maximum atomic E-state index is 12.0. The van der Waals surface area contributed by atoms with E-state index in [9.17, 15) is 14.5 Å². The van der Waals surface area contributed by atoms with Gasteiger partial charge in [0.25, 0.3) is 0 Å². The van der Waals surface area contributed by atoms with Crippen molar-refractivity contribution in [1.82, 2.24) is 9.55 Å². The zero-order valence-electron chi connectivity index (χ0n) is 5.92. The number of halogens is 1. The van der Waals surface area contributed by atoms with Gasteiger partial charge in [0.05, 0.1) is 0 Å². The molecular weight excluding hydrogens is 168 g/mol. The van der Waals surface area contributed by atoms with E-state index < -0.39 is 23.8 Å². The van der Waals surface area contributed by atoms with E-state index in [0.29, 0.717) is 0 Å². The first-order valence-corrected chi connectivity index (χ1v) is 3.09. The molecule has 1 aromatic rings. The van der Waals surface area contributed by atoms with Gasteiger partial charge in [-0.3, -0.25) is 0 Å². The minimum absolute atomic E-state index is 0.476. The highest BCUT2D eigenvalue weighted by Crippen LogP contribution is 2.08. The Balaban J connectivity index is 2.84. The van der Waals surface area contributed by atoms with Gasteiger partial charge in [-0.15, -0.1) is 0 Å². The molecule has 0 saturated carbocycles. The monoisotopic (exact) mass is 174 g/mol. The third kappa shape index (κ3) is 1.76. The molecule has 1 N–H and O–H groups in total. The standard InChI is InChI=1S/C5H6FN3O3/c6-4(10)3-8-2-1-7-5(8)9(11)12/h1-2,4,10H,3H2/i6-1. The van der Waals surface area contributed by atoms with Crippen molar-refractivity contribution < 1.29 is 14.4 Å². The molecule has 0 spiro atoms. The maximum absolute atomic E-state index is 12.0. The number of aliphatic hydroxyl groups excluding tert-OH is 1. The first-order chi connectivity index (χ1) is 5.61. The Hall–Kier alpha value is -1.50. The van der Waals surface area contributed by atoms with Crippen LogP contribution in [0.4, 0.5) is 10.3 Å². The Kier molecular flexibility index (Phi) is 2.34. The summed E-state index contributed by atoms with van der Waals surface area (Å²) in [4.78, 5) is 12.8. The number of nitrogens with zero attached hydrogens (tertiary/aromatic N) is 3. The highest BCUT2D eigenvalue weighted by atomic mass is 18.2. The molecule has 0 aliphatic rings. The molecule has 0 fully saturated rings. The molecular formula is C5H6FN3O3. The molecule has 0 radical (unpaired) electrons. The fraction of sp³-hybridized carbons (Fsp3) is 0.400. The van der Waals surface area contributed by atoms with Crippen LogP contribution in [0.1, 0.15) is 0 Å². The molecule has 1 rings (SSSR count). The number of hydrogen-bond acceptors (Lipinski definition) is 4. The van der Waals surface area contributed by atoms with E-state index in [0.717, 1.165) is 4.57 Å². The Morgan fingerprint density at radius 1 is 1.92 bits per heavy atom. The zero-order valence-corrected chi connectivity index (χ0v) is 5.92. The van der Waals surface area contributed by atoms with E-state index in [4.69, 9.17) is 5.11 Å². The van der Waals surface area contributed by atoms with Gasteiger partial charge in [0.15, 0.2) is 0 Å². The number of hydrogen-bond donors (Lipinski definition) is 1. The summed E-state index contributed by atoms with van der Waals surface area (Å²) in [6.45, 7) is -0.476. The van der Waals surface area contributed by atoms with Gasteiger partial charge >= 0.3 is 5.95 Å². The second-order valence-corrected chi connectivity index (χ2v) is 2.07. The largest absolute Gasteiger partial charge is 0.434 e. The molecule has 0 bridgehead atoms. The predicted octanol–water partition coefficient (Wildman–Crippen LogP) is 0.0792. The number of imidazole rings is 1. The second-order valence-electron chi connectivity index (χ2n) is 2.07. The topological polar surface area (TPSA) is 81.2 Å². The van der Waals surface area contributed by atoms with Crippen LogP contribution < -0.4 is 0 Å². The van der Waals surface area contributed by atoms with Gasteiger partial charge in [-0.1, -0.05) is 4.98 Å². The number of rotatable bonds is 3. The molecule has 1 heterocycles. The van der Waals surface area contributed by atoms with Crippen LogP contribution in [0.15, 0.2) is 12.4 Å². The maximum Gasteiger partial charge on any atom is 0.434 e. The summed E-state index contributed by atoms with van der Waals surface area (Å²) in [5.41, 5.74) is 0. The van der Waals surface area contributed by atoms with Gasteiger partial charge in [0, 0.05) is 0 Å². The molecule has 66 valence electrons. The smallest absolute Gasteiger partial charge is 0.390 e. The number of aliphatic hydroxyl groups is 1. The van der Waals surface area contributed by atoms with Crippen LogP contribution in [0.2, 0.25) is 0 Å². The van der Waals surface area contributed by atoms with Gasteiger partial charge in [-0.2, -0.15) is 0 Å². The SMILES string of the molecule is O=[N+]([O-])c1nccn1CC(O)[18F]. The third-order valence-corrected chi connectivity index (χ3v) is 1.20. The van der Waals surface area contributed by atoms with Crippen molar-refractivity contribution in [3.05, 3.63) is 22.5 Å². The van der Waals surface area contributed by atoms with Crippen molar-refractivity contribution in [3.63, 3.8) is 0 Å². The van der Waals surface area contributed by atoms with Crippen molar-refractivity contribution in [1.29, 1.82) is 0 Å². The van der Waals surface area contributed by atoms with Crippen molar-refractivity contribution in [2.45, 2.75) is 12.9 Å². The summed E-state index contributed by atoms with van der Waals surface area (Å²) >= 11 is 0. The molecule has 0 aliphatic heterocycles. The van der Waals surface area contributed by atoms with Crippen molar-refractivity contribution in [2.75, 3.05) is 0 Å². The Morgan fingerprint density at radius 2 is 2.58 bits per heavy atom. The van der Waals surface area contributed by atoms with E-state index in [1.54, 1.807) is 0 Å². The number of aromatic nitrogens is 2. The molecule has 7 heteroatoms. The lowest BCUT2D eigenvalue weighted by Gasteiger charge is -2.00. The summed E-state index contributed by atoms with van der Waals surface area (Å²) < 4.78 is 12.9. The van der Waals surface area contributed by atoms with Gasteiger partial charge < -0.3 is 15.2 Å². The highest BCUT2D eigenvalue weighted by molar-refractivity contribution is 5.06. The molecule has 0 amide bonds. The van der Waals surface area contributed by atoms with Crippen LogP contribution in [0, 0.1) is 10.1 Å². The quantitative estimate of drug-likeness (QED) is 0.519. The Labute approximate surface area is 66.4 Å². The molecule has 1 unspecified atom stereocenters. The first kappa shape index (κ1) is 8.60. The normalized spacial score (nSPS) is 12.8. The van der Waals surface area contributed by atoms with Crippen molar-refractivity contribution in [3.8, 4) is 0 Å². The highest BCUT2D eigenvalue weighted by Gasteiger charge is 2.16. The summed E-state index contributed by atoms with van der Waals surface area (Å²) in [6, 6.07) is 0. The lowest BCUT2D eigenvalue weighted by molar-refractivity contribution is -0.397. The van der Waals surface area contributed by atoms with Crippen LogP contribution in [0.3, 0.4) is 0 Å². The number of nitro groups is 1. The molecule has 0 aromatic carbocycles. The van der Waals surface area contributed by atoms with Crippen LogP contribution >= 0.6 is 0 Å². The van der Waals surface area contributed by atoms with E-state index in [1.807, 2.05) is 0 Å². The van der Waals surface area contributed by atoms with Gasteiger partial charge in [0.2, 0.25) is 6.36 Å².